The molecule has 0 radical (unpaired) electrons. The van der Waals surface area contributed by atoms with Crippen LogP contribution in [0, 0.1) is 0 Å². The second-order valence-corrected chi connectivity index (χ2v) is 8.60. The van der Waals surface area contributed by atoms with E-state index in [9.17, 15) is 14.7 Å². The number of anilines is 1. The zero-order valence-electron chi connectivity index (χ0n) is 17.2. The summed E-state index contributed by atoms with van der Waals surface area (Å²) < 4.78 is 11.3. The lowest BCUT2D eigenvalue weighted by atomic mass is 10.1. The van der Waals surface area contributed by atoms with E-state index in [0.29, 0.717) is 42.1 Å². The fourth-order valence-electron chi connectivity index (χ4n) is 3.53. The highest BCUT2D eigenvalue weighted by molar-refractivity contribution is 5.93. The molecule has 30 heavy (non-hydrogen) atoms. The number of phenols is 1. The maximum atomic E-state index is 12.0. The Kier molecular flexibility index (Phi) is 5.01. The zero-order chi connectivity index (χ0) is 21.5. The van der Waals surface area contributed by atoms with Gasteiger partial charge in [-0.2, -0.15) is 0 Å². The van der Waals surface area contributed by atoms with Crippen molar-refractivity contribution in [2.75, 3.05) is 5.32 Å². The minimum atomic E-state index is -0.562. The fraction of sp³-hybridized carbons (Fsp3) is 0.409. The van der Waals surface area contributed by atoms with Crippen molar-refractivity contribution >= 4 is 17.8 Å². The standard InChI is InChI=1S/C22H25N3O5/c1-22(2,3)30-21(28)24-16-11-14(16)15-10-12(4-6-17(15)26)29-18-8-9-23-20-13(18)5-7-19(27)25-20/h4,6,8-10,14,16,26H,5,7,11H2,1-3H3,(H,24,28)(H,23,25,27)/t14-,16+/m1/s1. The van der Waals surface area contributed by atoms with E-state index in [1.54, 1.807) is 30.5 Å². The smallest absolute Gasteiger partial charge is 0.407 e. The summed E-state index contributed by atoms with van der Waals surface area (Å²) in [6.07, 6.45) is 2.78. The lowest BCUT2D eigenvalue weighted by Crippen LogP contribution is -2.34. The molecule has 1 saturated carbocycles. The van der Waals surface area contributed by atoms with Crippen LogP contribution < -0.4 is 15.4 Å². The third-order valence-corrected chi connectivity index (χ3v) is 4.99. The van der Waals surface area contributed by atoms with Crippen molar-refractivity contribution in [2.24, 2.45) is 0 Å². The second kappa shape index (κ2) is 7.51. The lowest BCUT2D eigenvalue weighted by Gasteiger charge is -2.20. The molecule has 0 saturated heterocycles. The molecule has 1 aromatic heterocycles. The molecular formula is C22H25N3O5. The van der Waals surface area contributed by atoms with Crippen LogP contribution in [0.2, 0.25) is 0 Å². The molecule has 3 N–H and O–H groups in total. The van der Waals surface area contributed by atoms with Gasteiger partial charge in [0, 0.05) is 35.7 Å². The Bertz CT molecular complexity index is 999. The largest absolute Gasteiger partial charge is 0.508 e. The molecule has 2 aromatic rings. The van der Waals surface area contributed by atoms with E-state index in [4.69, 9.17) is 9.47 Å². The third-order valence-electron chi connectivity index (χ3n) is 4.99. The van der Waals surface area contributed by atoms with Crippen LogP contribution in [0.1, 0.15) is 50.7 Å². The first-order chi connectivity index (χ1) is 14.2. The van der Waals surface area contributed by atoms with Gasteiger partial charge in [-0.25, -0.2) is 9.78 Å². The number of aromatic nitrogens is 1. The van der Waals surface area contributed by atoms with Crippen molar-refractivity contribution in [1.82, 2.24) is 10.3 Å². The molecule has 1 aliphatic heterocycles. The lowest BCUT2D eigenvalue weighted by molar-refractivity contribution is -0.116. The molecule has 0 spiro atoms. The Morgan fingerprint density at radius 3 is 2.83 bits per heavy atom. The van der Waals surface area contributed by atoms with Gasteiger partial charge in [-0.05, 0) is 57.9 Å². The number of carbonyl (C=O) groups is 2. The summed E-state index contributed by atoms with van der Waals surface area (Å²) in [4.78, 5) is 27.8. The van der Waals surface area contributed by atoms with Crippen LogP contribution in [0.5, 0.6) is 17.2 Å². The van der Waals surface area contributed by atoms with Crippen LogP contribution in [-0.4, -0.2) is 33.7 Å². The number of phenolic OH excluding ortho intramolecular Hbond substituents is 1. The number of hydrogen-bond acceptors (Lipinski definition) is 6. The number of nitrogens with zero attached hydrogens (tertiary/aromatic N) is 1. The molecular weight excluding hydrogens is 386 g/mol. The molecule has 1 fully saturated rings. The van der Waals surface area contributed by atoms with E-state index in [0.717, 1.165) is 5.56 Å². The topological polar surface area (TPSA) is 110 Å². The summed E-state index contributed by atoms with van der Waals surface area (Å²) in [6.45, 7) is 5.44. The van der Waals surface area contributed by atoms with Crippen LogP contribution in [0.3, 0.4) is 0 Å². The summed E-state index contributed by atoms with van der Waals surface area (Å²) in [5.41, 5.74) is 1.00. The summed E-state index contributed by atoms with van der Waals surface area (Å²) in [5.74, 6) is 1.80. The molecule has 2 heterocycles. The van der Waals surface area contributed by atoms with Gasteiger partial charge in [0.05, 0.1) is 0 Å². The normalized spacial score (nSPS) is 20.0. The van der Waals surface area contributed by atoms with Gasteiger partial charge < -0.3 is 25.2 Å². The molecule has 2 atom stereocenters. The van der Waals surface area contributed by atoms with Crippen molar-refractivity contribution in [1.29, 1.82) is 0 Å². The first-order valence-electron chi connectivity index (χ1n) is 9.97. The van der Waals surface area contributed by atoms with Gasteiger partial charge in [0.1, 0.15) is 28.7 Å². The van der Waals surface area contributed by atoms with Gasteiger partial charge in [-0.3, -0.25) is 4.79 Å². The predicted molar refractivity (Wildman–Crippen MR) is 110 cm³/mol. The highest BCUT2D eigenvalue weighted by atomic mass is 16.6. The molecule has 1 aliphatic carbocycles. The molecule has 8 heteroatoms. The number of benzene rings is 1. The molecule has 158 valence electrons. The fourth-order valence-corrected chi connectivity index (χ4v) is 3.53. The quantitative estimate of drug-likeness (QED) is 0.705. The van der Waals surface area contributed by atoms with E-state index in [-0.39, 0.29) is 23.6 Å². The number of pyridine rings is 1. The number of amides is 2. The summed E-state index contributed by atoms with van der Waals surface area (Å²) >= 11 is 0. The maximum Gasteiger partial charge on any atom is 0.407 e. The number of fused-ring (bicyclic) bond motifs is 1. The first kappa shape index (κ1) is 20.0. The van der Waals surface area contributed by atoms with E-state index in [2.05, 4.69) is 15.6 Å². The van der Waals surface area contributed by atoms with Gasteiger partial charge >= 0.3 is 6.09 Å². The van der Waals surface area contributed by atoms with Gasteiger partial charge in [0.15, 0.2) is 0 Å². The minimum Gasteiger partial charge on any atom is -0.508 e. The SMILES string of the molecule is CC(C)(C)OC(=O)N[C@H]1C[C@@H]1c1cc(Oc2ccnc3c2CCC(=O)N3)ccc1O. The average Bonchev–Trinajstić information content (AvgIpc) is 3.40. The van der Waals surface area contributed by atoms with Gasteiger partial charge in [-0.15, -0.1) is 0 Å². The van der Waals surface area contributed by atoms with Crippen molar-refractivity contribution < 1.29 is 24.2 Å². The number of carbonyl (C=O) groups excluding carboxylic acids is 2. The van der Waals surface area contributed by atoms with Gasteiger partial charge in [0.2, 0.25) is 5.91 Å². The molecule has 2 amide bonds. The molecule has 2 aliphatic rings. The number of aromatic hydroxyl groups is 1. The second-order valence-electron chi connectivity index (χ2n) is 8.60. The highest BCUT2D eigenvalue weighted by Crippen LogP contribution is 2.46. The van der Waals surface area contributed by atoms with Crippen molar-refractivity contribution in [3.05, 3.63) is 41.6 Å². The Morgan fingerprint density at radius 2 is 2.07 bits per heavy atom. The van der Waals surface area contributed by atoms with Gasteiger partial charge in [-0.1, -0.05) is 0 Å². The Hall–Kier alpha value is -3.29. The van der Waals surface area contributed by atoms with Crippen LogP contribution in [0.4, 0.5) is 10.6 Å². The van der Waals surface area contributed by atoms with Crippen LogP contribution in [0.25, 0.3) is 0 Å². The monoisotopic (exact) mass is 411 g/mol. The molecule has 8 nitrogen and oxygen atoms in total. The van der Waals surface area contributed by atoms with Gasteiger partial charge in [0.25, 0.3) is 0 Å². The minimum absolute atomic E-state index is 0.00767. The molecule has 4 rings (SSSR count). The zero-order valence-corrected chi connectivity index (χ0v) is 17.2. The summed E-state index contributed by atoms with van der Waals surface area (Å²) in [6, 6.07) is 6.72. The average molecular weight is 411 g/mol. The maximum absolute atomic E-state index is 12.0. The Balaban J connectivity index is 1.47. The number of ether oxygens (including phenoxy) is 2. The van der Waals surface area contributed by atoms with Crippen molar-refractivity contribution in [2.45, 2.75) is 57.6 Å². The van der Waals surface area contributed by atoms with E-state index in [1.165, 1.54) is 0 Å². The van der Waals surface area contributed by atoms with Crippen LogP contribution >= 0.6 is 0 Å². The Labute approximate surface area is 174 Å². The van der Waals surface area contributed by atoms with Crippen LogP contribution in [0.15, 0.2) is 30.5 Å². The summed E-state index contributed by atoms with van der Waals surface area (Å²) in [7, 11) is 0. The number of hydrogen-bond donors (Lipinski definition) is 3. The number of alkyl carbamates (subject to hydrolysis) is 1. The first-order valence-corrected chi connectivity index (χ1v) is 9.97. The summed E-state index contributed by atoms with van der Waals surface area (Å²) in [5, 5.41) is 15.9. The molecule has 1 aromatic carbocycles. The predicted octanol–water partition coefficient (Wildman–Crippen LogP) is 3.84. The molecule has 0 bridgehead atoms. The Morgan fingerprint density at radius 1 is 1.27 bits per heavy atom. The van der Waals surface area contributed by atoms with E-state index in [1.807, 2.05) is 20.8 Å². The number of rotatable bonds is 4. The molecule has 0 unspecified atom stereocenters. The van der Waals surface area contributed by atoms with Crippen LogP contribution in [-0.2, 0) is 16.0 Å². The highest BCUT2D eigenvalue weighted by Gasteiger charge is 2.42. The van der Waals surface area contributed by atoms with Crippen molar-refractivity contribution in [3.63, 3.8) is 0 Å². The van der Waals surface area contributed by atoms with E-state index < -0.39 is 11.7 Å². The number of nitrogens with one attached hydrogen (secondary N) is 2. The third kappa shape index (κ3) is 4.48. The van der Waals surface area contributed by atoms with Crippen molar-refractivity contribution in [3.8, 4) is 17.2 Å². The van der Waals surface area contributed by atoms with E-state index >= 15 is 0 Å².